The number of aliphatic hydroxyl groups is 1. The highest BCUT2D eigenvalue weighted by Crippen LogP contribution is 2.22. The third-order valence-electron chi connectivity index (χ3n) is 2.94. The van der Waals surface area contributed by atoms with Gasteiger partial charge in [0.25, 0.3) is 0 Å². The Bertz CT molecular complexity index is 348. The molecule has 1 atom stereocenters. The van der Waals surface area contributed by atoms with E-state index < -0.39 is 27.3 Å². The maximum atomic E-state index is 11.8. The van der Waals surface area contributed by atoms with Gasteiger partial charge in [-0.15, -0.1) is 0 Å². The Balaban J connectivity index is 2.46. The first kappa shape index (κ1) is 14.4. The molecule has 0 aromatic rings. The van der Waals surface area contributed by atoms with Gasteiger partial charge in [0.1, 0.15) is 0 Å². The van der Waals surface area contributed by atoms with E-state index in [0.717, 1.165) is 26.4 Å². The summed E-state index contributed by atoms with van der Waals surface area (Å²) >= 11 is 0. The van der Waals surface area contributed by atoms with Crippen LogP contribution in [-0.4, -0.2) is 44.5 Å². The third kappa shape index (κ3) is 4.25. The monoisotopic (exact) mass is 265 g/mol. The molecular weight excluding hydrogens is 246 g/mol. The number of carbonyl (C=O) groups excluding carboxylic acids is 1. The van der Waals surface area contributed by atoms with Crippen LogP contribution in [-0.2, 0) is 19.6 Å². The van der Waals surface area contributed by atoms with E-state index in [2.05, 4.69) is 9.46 Å². The van der Waals surface area contributed by atoms with E-state index in [9.17, 15) is 18.3 Å². The summed E-state index contributed by atoms with van der Waals surface area (Å²) in [5.74, 6) is -0.837. The summed E-state index contributed by atoms with van der Waals surface area (Å²) < 4.78 is 30.2. The molecule has 17 heavy (non-hydrogen) atoms. The molecule has 1 saturated carbocycles. The second kappa shape index (κ2) is 6.32. The minimum atomic E-state index is -3.44. The van der Waals surface area contributed by atoms with E-state index in [4.69, 9.17) is 0 Å². The van der Waals surface area contributed by atoms with E-state index in [1.54, 1.807) is 0 Å². The lowest BCUT2D eigenvalue weighted by molar-refractivity contribution is -0.149. The van der Waals surface area contributed by atoms with Crippen molar-refractivity contribution in [2.45, 2.75) is 43.5 Å². The third-order valence-corrected chi connectivity index (χ3v) is 4.86. The topological polar surface area (TPSA) is 92.7 Å². The average molecular weight is 265 g/mol. The SMILES string of the molecule is COC(=O)C(O)CNS(=O)(=O)C1CCCCC1. The van der Waals surface area contributed by atoms with Crippen LogP contribution in [0.3, 0.4) is 0 Å². The van der Waals surface area contributed by atoms with Gasteiger partial charge in [0.15, 0.2) is 6.10 Å². The lowest BCUT2D eigenvalue weighted by Gasteiger charge is -2.22. The molecule has 1 aliphatic carbocycles. The van der Waals surface area contributed by atoms with Gasteiger partial charge in [0, 0.05) is 6.54 Å². The van der Waals surface area contributed by atoms with Crippen LogP contribution in [0.25, 0.3) is 0 Å². The van der Waals surface area contributed by atoms with E-state index in [-0.39, 0.29) is 6.54 Å². The van der Waals surface area contributed by atoms with Crippen LogP contribution >= 0.6 is 0 Å². The maximum Gasteiger partial charge on any atom is 0.336 e. The fourth-order valence-corrected chi connectivity index (χ4v) is 3.49. The van der Waals surface area contributed by atoms with Gasteiger partial charge in [-0.2, -0.15) is 0 Å². The summed E-state index contributed by atoms with van der Waals surface area (Å²) in [5.41, 5.74) is 0. The van der Waals surface area contributed by atoms with Gasteiger partial charge in [0.05, 0.1) is 12.4 Å². The Labute approximate surface area is 101 Å². The largest absolute Gasteiger partial charge is 0.467 e. The zero-order chi connectivity index (χ0) is 12.9. The Morgan fingerprint density at radius 2 is 2.00 bits per heavy atom. The molecule has 7 heteroatoms. The number of rotatable bonds is 5. The number of hydrogen-bond donors (Lipinski definition) is 2. The molecule has 0 spiro atoms. The first-order chi connectivity index (χ1) is 7.97. The van der Waals surface area contributed by atoms with Crippen LogP contribution < -0.4 is 4.72 Å². The van der Waals surface area contributed by atoms with Crippen LogP contribution in [0, 0.1) is 0 Å². The standard InChI is InChI=1S/C10H19NO5S/c1-16-10(13)9(12)7-11-17(14,15)8-5-3-2-4-6-8/h8-9,11-12H,2-7H2,1H3. The molecule has 0 radical (unpaired) electrons. The molecule has 0 aromatic heterocycles. The number of sulfonamides is 1. The number of hydrogen-bond acceptors (Lipinski definition) is 5. The zero-order valence-electron chi connectivity index (χ0n) is 9.89. The predicted molar refractivity (Wildman–Crippen MR) is 61.8 cm³/mol. The quantitative estimate of drug-likeness (QED) is 0.670. The van der Waals surface area contributed by atoms with Crippen molar-refractivity contribution in [3.63, 3.8) is 0 Å². The highest BCUT2D eigenvalue weighted by molar-refractivity contribution is 7.90. The molecular formula is C10H19NO5S. The predicted octanol–water partition coefficient (Wildman–Crippen LogP) is -0.228. The molecule has 0 aliphatic heterocycles. The van der Waals surface area contributed by atoms with Crippen molar-refractivity contribution in [1.29, 1.82) is 0 Å². The first-order valence-corrected chi connectivity index (χ1v) is 7.26. The van der Waals surface area contributed by atoms with Gasteiger partial charge in [-0.1, -0.05) is 19.3 Å². The fraction of sp³-hybridized carbons (Fsp3) is 0.900. The molecule has 1 unspecified atom stereocenters. The van der Waals surface area contributed by atoms with E-state index in [0.29, 0.717) is 12.8 Å². The second-order valence-corrected chi connectivity index (χ2v) is 6.24. The molecule has 1 rings (SSSR count). The number of methoxy groups -OCH3 is 1. The molecule has 0 saturated heterocycles. The van der Waals surface area contributed by atoms with Crippen molar-refractivity contribution in [1.82, 2.24) is 4.72 Å². The lowest BCUT2D eigenvalue weighted by atomic mass is 10.0. The Hall–Kier alpha value is -0.660. The van der Waals surface area contributed by atoms with Crippen molar-refractivity contribution in [3.05, 3.63) is 0 Å². The van der Waals surface area contributed by atoms with Gasteiger partial charge in [-0.05, 0) is 12.8 Å². The van der Waals surface area contributed by atoms with Gasteiger partial charge >= 0.3 is 5.97 Å². The first-order valence-electron chi connectivity index (χ1n) is 5.71. The van der Waals surface area contributed by atoms with Crippen LogP contribution in [0.2, 0.25) is 0 Å². The van der Waals surface area contributed by atoms with E-state index in [1.165, 1.54) is 0 Å². The fourth-order valence-electron chi connectivity index (χ4n) is 1.91. The lowest BCUT2D eigenvalue weighted by Crippen LogP contribution is -2.42. The minimum absolute atomic E-state index is 0.328. The number of aliphatic hydroxyl groups excluding tert-OH is 1. The van der Waals surface area contributed by atoms with Crippen LogP contribution in [0.4, 0.5) is 0 Å². The zero-order valence-corrected chi connectivity index (χ0v) is 10.7. The number of nitrogens with one attached hydrogen (secondary N) is 1. The summed E-state index contributed by atoms with van der Waals surface area (Å²) in [6, 6.07) is 0. The highest BCUT2D eigenvalue weighted by atomic mass is 32.2. The Morgan fingerprint density at radius 1 is 1.41 bits per heavy atom. The smallest absolute Gasteiger partial charge is 0.336 e. The van der Waals surface area contributed by atoms with Crippen molar-refractivity contribution in [2.24, 2.45) is 0 Å². The number of ether oxygens (including phenoxy) is 1. The summed E-state index contributed by atoms with van der Waals surface area (Å²) in [6.07, 6.45) is 2.72. The molecule has 100 valence electrons. The van der Waals surface area contributed by atoms with Gasteiger partial charge in [0.2, 0.25) is 10.0 Å². The average Bonchev–Trinajstić information content (AvgIpc) is 2.36. The van der Waals surface area contributed by atoms with Gasteiger partial charge in [-0.3, -0.25) is 0 Å². The Morgan fingerprint density at radius 3 is 2.53 bits per heavy atom. The molecule has 0 aromatic carbocycles. The van der Waals surface area contributed by atoms with Crippen LogP contribution in [0.5, 0.6) is 0 Å². The highest BCUT2D eigenvalue weighted by Gasteiger charge is 2.28. The van der Waals surface area contributed by atoms with E-state index in [1.807, 2.05) is 0 Å². The summed E-state index contributed by atoms with van der Waals surface area (Å²) in [6.45, 7) is -0.328. The van der Waals surface area contributed by atoms with Gasteiger partial charge in [-0.25, -0.2) is 17.9 Å². The van der Waals surface area contributed by atoms with Crippen LogP contribution in [0.1, 0.15) is 32.1 Å². The molecule has 0 bridgehead atoms. The molecule has 2 N–H and O–H groups in total. The maximum absolute atomic E-state index is 11.8. The van der Waals surface area contributed by atoms with E-state index >= 15 is 0 Å². The molecule has 6 nitrogen and oxygen atoms in total. The number of carbonyl (C=O) groups is 1. The molecule has 0 amide bonds. The second-order valence-electron chi connectivity index (χ2n) is 4.19. The minimum Gasteiger partial charge on any atom is -0.467 e. The van der Waals surface area contributed by atoms with Crippen molar-refractivity contribution >= 4 is 16.0 Å². The van der Waals surface area contributed by atoms with Crippen molar-refractivity contribution in [2.75, 3.05) is 13.7 Å². The van der Waals surface area contributed by atoms with Gasteiger partial charge < -0.3 is 9.84 Å². The van der Waals surface area contributed by atoms with Crippen LogP contribution in [0.15, 0.2) is 0 Å². The summed E-state index contributed by atoms with van der Waals surface area (Å²) in [4.78, 5) is 10.9. The summed E-state index contributed by atoms with van der Waals surface area (Å²) in [5, 5.41) is 8.88. The Kier molecular flexibility index (Phi) is 5.35. The van der Waals surface area contributed by atoms with Crippen molar-refractivity contribution in [3.8, 4) is 0 Å². The van der Waals surface area contributed by atoms with Crippen molar-refractivity contribution < 1.29 is 23.1 Å². The number of esters is 1. The molecule has 1 fully saturated rings. The normalized spacial score (nSPS) is 19.9. The molecule has 1 aliphatic rings. The summed E-state index contributed by atoms with van der Waals surface area (Å²) in [7, 11) is -2.30. The molecule has 0 heterocycles.